The van der Waals surface area contributed by atoms with Crippen molar-refractivity contribution < 1.29 is 9.90 Å². The number of likely N-dealkylation sites (tertiary alicyclic amines) is 1. The molecule has 0 saturated carbocycles. The fraction of sp³-hybridized carbons (Fsp3) is 0.240. The minimum absolute atomic E-state index is 0.0122. The van der Waals surface area contributed by atoms with Crippen LogP contribution in [0.2, 0.25) is 0 Å². The smallest absolute Gasteiger partial charge is 0.253 e. The van der Waals surface area contributed by atoms with Crippen molar-refractivity contribution in [3.8, 4) is 22.5 Å². The Hall–Kier alpha value is -3.51. The SMILES string of the molecule is Cc1ccc(-c2cnc3cnc(-c4ccc(C(=O)N5CCC(O)CC5)cc4)cn23)cc1. The molecule has 31 heavy (non-hydrogen) atoms. The molecule has 1 aliphatic rings. The van der Waals surface area contributed by atoms with Gasteiger partial charge >= 0.3 is 0 Å². The van der Waals surface area contributed by atoms with Gasteiger partial charge in [0.1, 0.15) is 0 Å². The standard InChI is InChI=1S/C25H24N4O2/c1-17-2-4-19(5-3-17)23-14-27-24-15-26-22(16-29(23)24)18-6-8-20(9-7-18)25(31)28-12-10-21(30)11-13-28/h2-9,14-16,21,30H,10-13H2,1H3. The molecule has 4 aromatic rings. The van der Waals surface area contributed by atoms with Gasteiger partial charge in [-0.1, -0.05) is 42.0 Å². The van der Waals surface area contributed by atoms with Crippen LogP contribution in [0.5, 0.6) is 0 Å². The molecule has 2 aromatic heterocycles. The molecule has 0 aliphatic carbocycles. The highest BCUT2D eigenvalue weighted by Gasteiger charge is 2.22. The van der Waals surface area contributed by atoms with Crippen LogP contribution in [0, 0.1) is 6.92 Å². The molecule has 0 radical (unpaired) electrons. The third-order valence-electron chi connectivity index (χ3n) is 5.92. The fourth-order valence-electron chi connectivity index (χ4n) is 4.01. The van der Waals surface area contributed by atoms with Crippen LogP contribution < -0.4 is 0 Å². The zero-order valence-corrected chi connectivity index (χ0v) is 17.4. The second-order valence-electron chi connectivity index (χ2n) is 8.11. The number of amides is 1. The summed E-state index contributed by atoms with van der Waals surface area (Å²) in [6.45, 7) is 3.27. The highest BCUT2D eigenvalue weighted by atomic mass is 16.3. The number of rotatable bonds is 3. The molecule has 1 saturated heterocycles. The molecule has 6 nitrogen and oxygen atoms in total. The van der Waals surface area contributed by atoms with Gasteiger partial charge in [0.25, 0.3) is 5.91 Å². The van der Waals surface area contributed by atoms with Crippen molar-refractivity contribution in [3.05, 3.63) is 78.2 Å². The Balaban J connectivity index is 1.42. The van der Waals surface area contributed by atoms with Gasteiger partial charge in [-0.2, -0.15) is 0 Å². The molecule has 1 fully saturated rings. The van der Waals surface area contributed by atoms with Crippen LogP contribution in [0.15, 0.2) is 67.1 Å². The van der Waals surface area contributed by atoms with Crippen molar-refractivity contribution >= 4 is 11.6 Å². The number of hydrogen-bond acceptors (Lipinski definition) is 4. The Labute approximate surface area is 180 Å². The maximum atomic E-state index is 12.7. The Kier molecular flexibility index (Phi) is 5.00. The van der Waals surface area contributed by atoms with E-state index in [9.17, 15) is 9.90 Å². The van der Waals surface area contributed by atoms with E-state index < -0.39 is 0 Å². The van der Waals surface area contributed by atoms with Crippen molar-refractivity contribution in [3.63, 3.8) is 0 Å². The maximum Gasteiger partial charge on any atom is 0.253 e. The number of carbonyl (C=O) groups excluding carboxylic acids is 1. The van der Waals surface area contributed by atoms with Gasteiger partial charge in [0.15, 0.2) is 5.65 Å². The van der Waals surface area contributed by atoms with E-state index in [4.69, 9.17) is 0 Å². The van der Waals surface area contributed by atoms with E-state index in [0.717, 1.165) is 28.2 Å². The summed E-state index contributed by atoms with van der Waals surface area (Å²) in [4.78, 5) is 23.6. The topological polar surface area (TPSA) is 70.7 Å². The Morgan fingerprint density at radius 2 is 1.61 bits per heavy atom. The van der Waals surface area contributed by atoms with E-state index >= 15 is 0 Å². The van der Waals surface area contributed by atoms with E-state index in [1.165, 1.54) is 5.56 Å². The molecule has 1 N–H and O–H groups in total. The molecular formula is C25H24N4O2. The van der Waals surface area contributed by atoms with E-state index in [1.807, 2.05) is 46.0 Å². The Bertz CT molecular complexity index is 1220. The highest BCUT2D eigenvalue weighted by molar-refractivity contribution is 5.94. The summed E-state index contributed by atoms with van der Waals surface area (Å²) in [6, 6.07) is 15.9. The first-order valence-electron chi connectivity index (χ1n) is 10.6. The molecule has 0 bridgehead atoms. The van der Waals surface area contributed by atoms with E-state index in [2.05, 4.69) is 41.2 Å². The molecule has 0 unspecified atom stereocenters. The predicted molar refractivity (Wildman–Crippen MR) is 120 cm³/mol. The molecule has 0 atom stereocenters. The lowest BCUT2D eigenvalue weighted by Crippen LogP contribution is -2.40. The molecule has 156 valence electrons. The summed E-state index contributed by atoms with van der Waals surface area (Å²) in [5, 5.41) is 9.65. The number of fused-ring (bicyclic) bond motifs is 1. The van der Waals surface area contributed by atoms with Gasteiger partial charge < -0.3 is 10.0 Å². The third-order valence-corrected chi connectivity index (χ3v) is 5.92. The number of benzene rings is 2. The summed E-state index contributed by atoms with van der Waals surface area (Å²) in [5.41, 5.74) is 6.54. The summed E-state index contributed by atoms with van der Waals surface area (Å²) >= 11 is 0. The van der Waals surface area contributed by atoms with E-state index in [0.29, 0.717) is 31.5 Å². The molecule has 1 aliphatic heterocycles. The number of aromatic nitrogens is 3. The van der Waals surface area contributed by atoms with Crippen LogP contribution in [0.3, 0.4) is 0 Å². The normalized spacial score (nSPS) is 14.8. The Morgan fingerprint density at radius 1 is 0.935 bits per heavy atom. The number of aryl methyl sites for hydroxylation is 1. The van der Waals surface area contributed by atoms with Crippen LogP contribution in [0.25, 0.3) is 28.2 Å². The minimum atomic E-state index is -0.291. The lowest BCUT2D eigenvalue weighted by atomic mass is 10.0. The van der Waals surface area contributed by atoms with Crippen molar-refractivity contribution in [2.75, 3.05) is 13.1 Å². The number of nitrogens with zero attached hydrogens (tertiary/aromatic N) is 4. The molecule has 1 amide bonds. The molecule has 0 spiro atoms. The molecule has 6 heteroatoms. The fourth-order valence-corrected chi connectivity index (χ4v) is 4.01. The number of hydrogen-bond donors (Lipinski definition) is 1. The highest BCUT2D eigenvalue weighted by Crippen LogP contribution is 2.24. The second kappa shape index (κ2) is 7.96. The molecule has 5 rings (SSSR count). The van der Waals surface area contributed by atoms with Crippen molar-refractivity contribution in [2.45, 2.75) is 25.9 Å². The minimum Gasteiger partial charge on any atom is -0.393 e. The van der Waals surface area contributed by atoms with Gasteiger partial charge in [-0.05, 0) is 31.9 Å². The van der Waals surface area contributed by atoms with Gasteiger partial charge in [0, 0.05) is 36.0 Å². The second-order valence-corrected chi connectivity index (χ2v) is 8.11. The average Bonchev–Trinajstić information content (AvgIpc) is 3.23. The third kappa shape index (κ3) is 3.82. The van der Waals surface area contributed by atoms with E-state index in [-0.39, 0.29) is 12.0 Å². The number of aliphatic hydroxyl groups is 1. The first-order valence-corrected chi connectivity index (χ1v) is 10.6. The van der Waals surface area contributed by atoms with Gasteiger partial charge in [-0.3, -0.25) is 14.2 Å². The molecule has 3 heterocycles. The number of aliphatic hydroxyl groups excluding tert-OH is 1. The van der Waals surface area contributed by atoms with Crippen molar-refractivity contribution in [2.24, 2.45) is 0 Å². The van der Waals surface area contributed by atoms with Crippen LogP contribution in [-0.2, 0) is 0 Å². The summed E-state index contributed by atoms with van der Waals surface area (Å²) < 4.78 is 2.05. The van der Waals surface area contributed by atoms with Crippen LogP contribution in [0.4, 0.5) is 0 Å². The van der Waals surface area contributed by atoms with Crippen molar-refractivity contribution in [1.82, 2.24) is 19.3 Å². The predicted octanol–water partition coefficient (Wildman–Crippen LogP) is 3.97. The van der Waals surface area contributed by atoms with Gasteiger partial charge in [-0.25, -0.2) is 4.98 Å². The molecular weight excluding hydrogens is 388 g/mol. The van der Waals surface area contributed by atoms with Crippen LogP contribution in [-0.4, -0.2) is 49.5 Å². The van der Waals surface area contributed by atoms with Crippen molar-refractivity contribution in [1.29, 1.82) is 0 Å². The average molecular weight is 412 g/mol. The number of piperidine rings is 1. The number of carbonyl (C=O) groups is 1. The maximum absolute atomic E-state index is 12.7. The monoisotopic (exact) mass is 412 g/mol. The number of imidazole rings is 1. The first-order chi connectivity index (χ1) is 15.1. The summed E-state index contributed by atoms with van der Waals surface area (Å²) in [7, 11) is 0. The van der Waals surface area contributed by atoms with Gasteiger partial charge in [0.05, 0.1) is 29.9 Å². The largest absolute Gasteiger partial charge is 0.393 e. The summed E-state index contributed by atoms with van der Waals surface area (Å²) in [6.07, 6.45) is 6.61. The molecule has 2 aromatic carbocycles. The first kappa shape index (κ1) is 19.5. The quantitative estimate of drug-likeness (QED) is 0.553. The lowest BCUT2D eigenvalue weighted by Gasteiger charge is -2.29. The van der Waals surface area contributed by atoms with Gasteiger partial charge in [-0.15, -0.1) is 0 Å². The van der Waals surface area contributed by atoms with Crippen LogP contribution >= 0.6 is 0 Å². The van der Waals surface area contributed by atoms with E-state index in [1.54, 1.807) is 6.20 Å². The summed E-state index contributed by atoms with van der Waals surface area (Å²) in [5.74, 6) is 0.0122. The van der Waals surface area contributed by atoms with Gasteiger partial charge in [0.2, 0.25) is 0 Å². The zero-order valence-electron chi connectivity index (χ0n) is 17.4. The lowest BCUT2D eigenvalue weighted by molar-refractivity contribution is 0.0546. The zero-order chi connectivity index (χ0) is 21.4. The Morgan fingerprint density at radius 3 is 2.32 bits per heavy atom. The van der Waals surface area contributed by atoms with Crippen LogP contribution in [0.1, 0.15) is 28.8 Å².